The zero-order valence-electron chi connectivity index (χ0n) is 50.3. The van der Waals surface area contributed by atoms with Gasteiger partial charge in [-0.05, 0) is 89.9 Å². The van der Waals surface area contributed by atoms with E-state index in [1.807, 2.05) is 6.08 Å². The molecule has 3 N–H and O–H groups in total. The van der Waals surface area contributed by atoms with Crippen molar-refractivity contribution < 1.29 is 24.5 Å². The highest BCUT2D eigenvalue weighted by Crippen LogP contribution is 2.17. The Morgan fingerprint density at radius 2 is 0.667 bits per heavy atom. The van der Waals surface area contributed by atoms with Crippen molar-refractivity contribution in [1.82, 2.24) is 5.32 Å². The number of esters is 1. The van der Waals surface area contributed by atoms with Crippen LogP contribution in [0.3, 0.4) is 0 Å². The number of allylic oxidation sites excluding steroid dienone is 7. The summed E-state index contributed by atoms with van der Waals surface area (Å²) < 4.78 is 5.48. The first-order valence-corrected chi connectivity index (χ1v) is 33.4. The average Bonchev–Trinajstić information content (AvgIpc) is 3.41. The van der Waals surface area contributed by atoms with Crippen molar-refractivity contribution in [2.75, 3.05) is 13.2 Å². The number of aliphatic hydroxyl groups is 2. The van der Waals surface area contributed by atoms with Crippen LogP contribution in [0.2, 0.25) is 0 Å². The molecule has 0 aromatic heterocycles. The lowest BCUT2D eigenvalue weighted by molar-refractivity contribution is -0.143. The summed E-state index contributed by atoms with van der Waals surface area (Å²) in [5.41, 5.74) is 0. The molecule has 440 valence electrons. The maximum atomic E-state index is 12.4. The molecule has 1 amide bonds. The standard InChI is InChI=1S/C69H129NO5/c1-3-5-7-9-11-13-14-15-40-43-47-51-55-59-63-69(74)75-64-60-56-52-48-44-41-38-36-34-32-30-28-26-24-22-20-18-16-17-19-21-23-25-27-29-31-33-35-37-39-42-46-50-54-58-62-68(73)70-66(65-71)67(72)61-57-53-49-45-12-10-8-6-4-2/h14-15,18,20,24,26,57,61,66-67,71-72H,3-13,16-17,19,21-23,25,27-56,58-60,62-65H2,1-2H3,(H,70,73)/b15-14-,20-18-,26-24-,61-57+. The molecule has 0 aromatic rings. The number of hydrogen-bond acceptors (Lipinski definition) is 5. The summed E-state index contributed by atoms with van der Waals surface area (Å²) in [6, 6.07) is -0.624. The minimum absolute atomic E-state index is 0.00776. The van der Waals surface area contributed by atoms with E-state index in [0.717, 1.165) is 51.4 Å². The van der Waals surface area contributed by atoms with E-state index in [1.54, 1.807) is 6.08 Å². The lowest BCUT2D eigenvalue weighted by Gasteiger charge is -2.20. The van der Waals surface area contributed by atoms with Gasteiger partial charge in [0.25, 0.3) is 0 Å². The van der Waals surface area contributed by atoms with Gasteiger partial charge in [-0.1, -0.05) is 300 Å². The number of carbonyl (C=O) groups excluding carboxylic acids is 2. The summed E-state index contributed by atoms with van der Waals surface area (Å²) in [6.45, 7) is 4.87. The Morgan fingerprint density at radius 1 is 0.373 bits per heavy atom. The third-order valence-corrected chi connectivity index (χ3v) is 15.3. The molecule has 0 radical (unpaired) electrons. The van der Waals surface area contributed by atoms with Gasteiger partial charge in [-0.15, -0.1) is 0 Å². The number of hydrogen-bond donors (Lipinski definition) is 3. The summed E-state index contributed by atoms with van der Waals surface area (Å²) in [6.07, 6.45) is 83.4. The average molecular weight is 1050 g/mol. The molecule has 0 aliphatic rings. The highest BCUT2D eigenvalue weighted by atomic mass is 16.5. The molecule has 6 heteroatoms. The van der Waals surface area contributed by atoms with Crippen LogP contribution in [0.15, 0.2) is 48.6 Å². The fraction of sp³-hybridized carbons (Fsp3) is 0.855. The quantitative estimate of drug-likeness (QED) is 0.0320. The zero-order valence-corrected chi connectivity index (χ0v) is 50.3. The van der Waals surface area contributed by atoms with E-state index in [0.29, 0.717) is 19.4 Å². The van der Waals surface area contributed by atoms with Crippen molar-refractivity contribution in [2.45, 2.75) is 366 Å². The van der Waals surface area contributed by atoms with Crippen molar-refractivity contribution in [3.05, 3.63) is 48.6 Å². The Balaban J connectivity index is 3.36. The van der Waals surface area contributed by atoms with Gasteiger partial charge in [-0.3, -0.25) is 9.59 Å². The van der Waals surface area contributed by atoms with E-state index < -0.39 is 12.1 Å². The Hall–Kier alpha value is -2.18. The van der Waals surface area contributed by atoms with E-state index in [2.05, 4.69) is 55.6 Å². The summed E-state index contributed by atoms with van der Waals surface area (Å²) in [4.78, 5) is 24.4. The lowest BCUT2D eigenvalue weighted by Crippen LogP contribution is -2.45. The van der Waals surface area contributed by atoms with E-state index in [9.17, 15) is 19.8 Å². The molecule has 0 spiro atoms. The highest BCUT2D eigenvalue weighted by molar-refractivity contribution is 5.76. The number of carbonyl (C=O) groups is 2. The van der Waals surface area contributed by atoms with Gasteiger partial charge in [0.15, 0.2) is 0 Å². The molecule has 6 nitrogen and oxygen atoms in total. The van der Waals surface area contributed by atoms with E-state index >= 15 is 0 Å². The van der Waals surface area contributed by atoms with Gasteiger partial charge in [0.05, 0.1) is 25.4 Å². The minimum atomic E-state index is -0.841. The molecule has 0 aliphatic heterocycles. The van der Waals surface area contributed by atoms with Crippen molar-refractivity contribution in [3.8, 4) is 0 Å². The summed E-state index contributed by atoms with van der Waals surface area (Å²) in [5, 5.41) is 23.0. The first kappa shape index (κ1) is 72.8. The van der Waals surface area contributed by atoms with E-state index in [-0.39, 0.29) is 18.5 Å². The van der Waals surface area contributed by atoms with Gasteiger partial charge in [0.2, 0.25) is 5.91 Å². The van der Waals surface area contributed by atoms with Gasteiger partial charge in [-0.25, -0.2) is 0 Å². The zero-order chi connectivity index (χ0) is 54.3. The van der Waals surface area contributed by atoms with Crippen LogP contribution in [0, 0.1) is 0 Å². The molecule has 2 atom stereocenters. The smallest absolute Gasteiger partial charge is 0.305 e. The SMILES string of the molecule is CCCCCCC/C=C\CCCCCCCC(=O)OCCCCCCCCCCCCC/C=C\C/C=C\CCCCCCCCCCCCCCCCCCCC(=O)NC(CO)C(O)/C=C/CCCCCCCCC. The Labute approximate surface area is 467 Å². The van der Waals surface area contributed by atoms with Crippen LogP contribution >= 0.6 is 0 Å². The molecule has 0 bridgehead atoms. The molecular formula is C69H129NO5. The number of amides is 1. The van der Waals surface area contributed by atoms with Crippen LogP contribution in [0.25, 0.3) is 0 Å². The summed E-state index contributed by atoms with van der Waals surface area (Å²) >= 11 is 0. The molecule has 0 fully saturated rings. The minimum Gasteiger partial charge on any atom is -0.466 e. The largest absolute Gasteiger partial charge is 0.466 e. The van der Waals surface area contributed by atoms with E-state index in [4.69, 9.17) is 4.74 Å². The molecule has 0 rings (SSSR count). The van der Waals surface area contributed by atoms with Crippen molar-refractivity contribution >= 4 is 11.9 Å². The molecule has 0 saturated heterocycles. The Kier molecular flexibility index (Phi) is 62.5. The first-order valence-electron chi connectivity index (χ1n) is 33.4. The van der Waals surface area contributed by atoms with Crippen molar-refractivity contribution in [2.24, 2.45) is 0 Å². The molecule has 0 heterocycles. The lowest BCUT2D eigenvalue weighted by atomic mass is 10.0. The molecule has 0 aliphatic carbocycles. The fourth-order valence-corrected chi connectivity index (χ4v) is 10.2. The van der Waals surface area contributed by atoms with Crippen LogP contribution in [0.1, 0.15) is 354 Å². The fourth-order valence-electron chi connectivity index (χ4n) is 10.2. The molecular weight excluding hydrogens is 923 g/mol. The number of aliphatic hydroxyl groups excluding tert-OH is 2. The Bertz CT molecular complexity index is 1260. The van der Waals surface area contributed by atoms with Crippen molar-refractivity contribution in [3.63, 3.8) is 0 Å². The third kappa shape index (κ3) is 60.9. The van der Waals surface area contributed by atoms with Crippen LogP contribution < -0.4 is 5.32 Å². The maximum absolute atomic E-state index is 12.4. The monoisotopic (exact) mass is 1050 g/mol. The van der Waals surface area contributed by atoms with Gasteiger partial charge in [0, 0.05) is 12.8 Å². The van der Waals surface area contributed by atoms with Crippen LogP contribution in [-0.2, 0) is 14.3 Å². The molecule has 0 saturated carbocycles. The second-order valence-corrected chi connectivity index (χ2v) is 22.8. The highest BCUT2D eigenvalue weighted by Gasteiger charge is 2.18. The van der Waals surface area contributed by atoms with Crippen molar-refractivity contribution in [1.29, 1.82) is 0 Å². The van der Waals surface area contributed by atoms with E-state index in [1.165, 1.54) is 276 Å². The number of rotatable bonds is 62. The second-order valence-electron chi connectivity index (χ2n) is 22.8. The summed E-state index contributed by atoms with van der Waals surface area (Å²) in [7, 11) is 0. The number of unbranched alkanes of at least 4 members (excludes halogenated alkanes) is 45. The Morgan fingerprint density at radius 3 is 1.03 bits per heavy atom. The number of ether oxygens (including phenoxy) is 1. The van der Waals surface area contributed by atoms with Gasteiger partial charge >= 0.3 is 5.97 Å². The number of nitrogens with one attached hydrogen (secondary N) is 1. The van der Waals surface area contributed by atoms with Crippen LogP contribution in [-0.4, -0.2) is 47.4 Å². The molecule has 75 heavy (non-hydrogen) atoms. The predicted octanol–water partition coefficient (Wildman–Crippen LogP) is 21.3. The van der Waals surface area contributed by atoms with Crippen LogP contribution in [0.4, 0.5) is 0 Å². The molecule has 0 aromatic carbocycles. The van der Waals surface area contributed by atoms with Crippen LogP contribution in [0.5, 0.6) is 0 Å². The van der Waals surface area contributed by atoms with Gasteiger partial charge in [0.1, 0.15) is 0 Å². The maximum Gasteiger partial charge on any atom is 0.305 e. The normalized spacial score (nSPS) is 12.9. The van der Waals surface area contributed by atoms with Gasteiger partial charge < -0.3 is 20.3 Å². The third-order valence-electron chi connectivity index (χ3n) is 15.3. The second kappa shape index (κ2) is 64.3. The molecule has 2 unspecified atom stereocenters. The first-order chi connectivity index (χ1) is 37.0. The predicted molar refractivity (Wildman–Crippen MR) is 329 cm³/mol. The topological polar surface area (TPSA) is 95.9 Å². The summed E-state index contributed by atoms with van der Waals surface area (Å²) in [5.74, 6) is -0.0601. The van der Waals surface area contributed by atoms with Gasteiger partial charge in [-0.2, -0.15) is 0 Å².